The van der Waals surface area contributed by atoms with Gasteiger partial charge in [-0.3, -0.25) is 9.80 Å². The van der Waals surface area contributed by atoms with Gasteiger partial charge in [-0.15, -0.1) is 11.3 Å². The Morgan fingerprint density at radius 3 is 2.45 bits per heavy atom. The number of benzene rings is 1. The minimum absolute atomic E-state index is 0.0334. The fraction of sp³-hybridized carbons (Fsp3) is 0.595. The van der Waals surface area contributed by atoms with E-state index in [9.17, 15) is 26.9 Å². The highest BCUT2D eigenvalue weighted by atomic mass is 32.2. The summed E-state index contributed by atoms with van der Waals surface area (Å²) in [5, 5.41) is 17.0. The maximum Gasteiger partial charge on any atom is 0.393 e. The van der Waals surface area contributed by atoms with Crippen LogP contribution in [0.1, 0.15) is 84.9 Å². The molecule has 2 bridgehead atoms. The first kappa shape index (κ1) is 36.1. The molecule has 3 aromatic rings. The molecular formula is C37H46F3N7O2S2. The summed E-state index contributed by atoms with van der Waals surface area (Å²) in [6, 6.07) is 9.45. The Hall–Kier alpha value is -3.25. The highest BCUT2D eigenvalue weighted by Crippen LogP contribution is 2.45. The second kappa shape index (κ2) is 14.0. The number of halogens is 3. The quantitative estimate of drug-likeness (QED) is 0.226. The maximum atomic E-state index is 13.1. The van der Waals surface area contributed by atoms with E-state index in [0.29, 0.717) is 34.8 Å². The first-order valence-electron chi connectivity index (χ1n) is 17.9. The Kier molecular flexibility index (Phi) is 9.88. The summed E-state index contributed by atoms with van der Waals surface area (Å²) in [6.45, 7) is 6.93. The van der Waals surface area contributed by atoms with Crippen molar-refractivity contribution >= 4 is 49.2 Å². The Morgan fingerprint density at radius 2 is 1.82 bits per heavy atom. The zero-order valence-electron chi connectivity index (χ0n) is 29.6. The van der Waals surface area contributed by atoms with Crippen molar-refractivity contribution in [3.63, 3.8) is 0 Å². The Bertz CT molecular complexity index is 1970. The fourth-order valence-electron chi connectivity index (χ4n) is 9.09. The van der Waals surface area contributed by atoms with Crippen molar-refractivity contribution in [2.45, 2.75) is 113 Å². The van der Waals surface area contributed by atoms with Crippen LogP contribution in [0.2, 0.25) is 0 Å². The number of allylic oxidation sites excluding steroid dienone is 1. The maximum absolute atomic E-state index is 13.1. The van der Waals surface area contributed by atoms with Gasteiger partial charge in [0.25, 0.3) is 0 Å². The predicted molar refractivity (Wildman–Crippen MR) is 197 cm³/mol. The van der Waals surface area contributed by atoms with E-state index in [-0.39, 0.29) is 40.2 Å². The van der Waals surface area contributed by atoms with Crippen LogP contribution in [0.4, 0.5) is 24.9 Å². The summed E-state index contributed by atoms with van der Waals surface area (Å²) in [4.78, 5) is 14.7. The zero-order valence-corrected chi connectivity index (χ0v) is 31.2. The van der Waals surface area contributed by atoms with Crippen molar-refractivity contribution in [2.24, 2.45) is 0 Å². The molecule has 4 aliphatic rings. The zero-order chi connectivity index (χ0) is 36.2. The minimum atomic E-state index is -4.28. The number of nitrogens with one attached hydrogen (secondary N) is 2. The molecule has 7 rings (SSSR count). The highest BCUT2D eigenvalue weighted by Gasteiger charge is 2.46. The third-order valence-electron chi connectivity index (χ3n) is 11.6. The molecule has 2 aromatic heterocycles. The van der Waals surface area contributed by atoms with Gasteiger partial charge in [-0.1, -0.05) is 12.1 Å². The number of fused-ring (bicyclic) bond motifs is 4. The summed E-state index contributed by atoms with van der Waals surface area (Å²) in [5.74, 6) is 0.976. The number of nitrogens with zero attached hydrogens (tertiary/aromatic N) is 5. The van der Waals surface area contributed by atoms with Gasteiger partial charge in [0.1, 0.15) is 20.5 Å². The van der Waals surface area contributed by atoms with Gasteiger partial charge in [-0.2, -0.15) is 23.4 Å². The second-order valence-electron chi connectivity index (χ2n) is 15.0. The van der Waals surface area contributed by atoms with E-state index in [1.165, 1.54) is 22.9 Å². The van der Waals surface area contributed by atoms with Gasteiger partial charge in [0.05, 0.1) is 23.1 Å². The first-order chi connectivity index (χ1) is 24.2. The molecule has 51 heavy (non-hydrogen) atoms. The molecule has 0 radical (unpaired) electrons. The number of piperidine rings is 2. The Labute approximate surface area is 302 Å². The molecule has 4 atom stereocenters. The van der Waals surface area contributed by atoms with Crippen LogP contribution in [-0.4, -0.2) is 90.2 Å². The average Bonchev–Trinajstić information content (AvgIpc) is 3.72. The molecule has 3 saturated heterocycles. The lowest BCUT2D eigenvalue weighted by atomic mass is 9.86. The summed E-state index contributed by atoms with van der Waals surface area (Å²) in [7, 11) is -1.35. The smallest absolute Gasteiger partial charge is 0.367 e. The molecule has 0 amide bonds. The molecule has 14 heteroatoms. The van der Waals surface area contributed by atoms with Gasteiger partial charge in [0.2, 0.25) is 5.95 Å². The number of sulfone groups is 1. The summed E-state index contributed by atoms with van der Waals surface area (Å²) in [6.07, 6.45) is 4.27. The molecule has 274 valence electrons. The van der Waals surface area contributed by atoms with Crippen LogP contribution in [0.3, 0.4) is 0 Å². The number of aromatic nitrogens is 2. The minimum Gasteiger partial charge on any atom is -0.367 e. The van der Waals surface area contributed by atoms with Crippen LogP contribution < -0.4 is 10.6 Å². The van der Waals surface area contributed by atoms with E-state index in [1.54, 1.807) is 13.1 Å². The molecule has 0 saturated carbocycles. The third-order valence-corrected chi connectivity index (χ3v) is 14.3. The second-order valence-corrected chi connectivity index (χ2v) is 18.5. The van der Waals surface area contributed by atoms with Crippen molar-refractivity contribution in [1.82, 2.24) is 19.8 Å². The lowest BCUT2D eigenvalue weighted by molar-refractivity contribution is -0.126. The van der Waals surface area contributed by atoms with Crippen LogP contribution in [-0.2, 0) is 22.8 Å². The van der Waals surface area contributed by atoms with E-state index in [2.05, 4.69) is 68.5 Å². The van der Waals surface area contributed by atoms with E-state index in [0.717, 1.165) is 74.2 Å². The SMILES string of the molecule is CNc1nc(NC2CCN(Cc3ccc4c(c3C)C=C(C#N)C4C[C@H](C)N3C4CCC3CC(S(C)(=O)=O)C4)CC2)c2cc(CC(F)(F)F)sc2n1. The Balaban J connectivity index is 0.992. The molecule has 0 spiro atoms. The third kappa shape index (κ3) is 7.50. The average molecular weight is 742 g/mol. The lowest BCUT2D eigenvalue weighted by Crippen LogP contribution is -2.50. The van der Waals surface area contributed by atoms with Crippen molar-refractivity contribution in [3.05, 3.63) is 50.9 Å². The van der Waals surface area contributed by atoms with Gasteiger partial charge in [-0.25, -0.2) is 13.4 Å². The van der Waals surface area contributed by atoms with Crippen molar-refractivity contribution in [2.75, 3.05) is 37.0 Å². The lowest BCUT2D eigenvalue weighted by Gasteiger charge is -2.42. The number of nitriles is 1. The summed E-state index contributed by atoms with van der Waals surface area (Å²) < 4.78 is 64.0. The van der Waals surface area contributed by atoms with E-state index in [1.807, 2.05) is 0 Å². The highest BCUT2D eigenvalue weighted by molar-refractivity contribution is 7.91. The fourth-order valence-corrected chi connectivity index (χ4v) is 11.3. The van der Waals surface area contributed by atoms with Crippen LogP contribution in [0.25, 0.3) is 16.3 Å². The van der Waals surface area contributed by atoms with Gasteiger partial charge in [0, 0.05) is 73.5 Å². The van der Waals surface area contributed by atoms with E-state index in [4.69, 9.17) is 0 Å². The summed E-state index contributed by atoms with van der Waals surface area (Å²) in [5.41, 5.74) is 5.63. The molecule has 9 nitrogen and oxygen atoms in total. The Morgan fingerprint density at radius 1 is 1.12 bits per heavy atom. The molecule has 3 aliphatic heterocycles. The van der Waals surface area contributed by atoms with Gasteiger partial charge < -0.3 is 10.6 Å². The van der Waals surface area contributed by atoms with E-state index >= 15 is 0 Å². The van der Waals surface area contributed by atoms with Crippen LogP contribution >= 0.6 is 11.3 Å². The molecule has 1 aromatic carbocycles. The van der Waals surface area contributed by atoms with Gasteiger partial charge in [-0.05, 0) is 93.2 Å². The van der Waals surface area contributed by atoms with Crippen LogP contribution in [0.15, 0.2) is 23.8 Å². The molecule has 5 heterocycles. The number of rotatable bonds is 10. The molecule has 2 N–H and O–H groups in total. The van der Waals surface area contributed by atoms with Crippen LogP contribution in [0, 0.1) is 18.3 Å². The topological polar surface area (TPSA) is 114 Å². The molecular weight excluding hydrogens is 696 g/mol. The van der Waals surface area contributed by atoms with Crippen molar-refractivity contribution < 1.29 is 21.6 Å². The van der Waals surface area contributed by atoms with Crippen molar-refractivity contribution in [3.8, 4) is 6.07 Å². The number of likely N-dealkylation sites (tertiary alicyclic amines) is 1. The first-order valence-corrected chi connectivity index (χ1v) is 20.7. The number of hydrogen-bond acceptors (Lipinski definition) is 10. The summed E-state index contributed by atoms with van der Waals surface area (Å²) >= 11 is 1.05. The molecule has 3 fully saturated rings. The predicted octanol–water partition coefficient (Wildman–Crippen LogP) is 7.05. The molecule has 3 unspecified atom stereocenters. The number of anilines is 2. The van der Waals surface area contributed by atoms with Gasteiger partial charge >= 0.3 is 6.18 Å². The van der Waals surface area contributed by atoms with Crippen LogP contribution in [0.5, 0.6) is 0 Å². The van der Waals surface area contributed by atoms with E-state index < -0.39 is 22.4 Å². The number of alkyl halides is 3. The molecule has 1 aliphatic carbocycles. The number of hydrogen-bond donors (Lipinski definition) is 2. The monoisotopic (exact) mass is 741 g/mol. The number of thiophene rings is 1. The van der Waals surface area contributed by atoms with Crippen molar-refractivity contribution in [1.29, 1.82) is 5.26 Å². The van der Waals surface area contributed by atoms with Gasteiger partial charge in [0.15, 0.2) is 0 Å². The normalized spacial score (nSPS) is 25.1. The standard InChI is InChI=1S/C37H46F3N7O2S2/c1-21(47-26-6-7-27(47)16-29(15-26)51(4,48)49)13-32-24(19-41)14-31-22(2)23(5-8-30(31)32)20-46-11-9-25(10-12-46)43-34-33-17-28(18-37(38,39)40)50-35(33)45-36(42-3)44-34/h5,8,14,17,21,25-27,29,32H,6-7,9-13,15-16,18,20H2,1-4H3,(H2,42,43,44,45)/t21-,26?,27?,29?,32?/m0/s1. The largest absolute Gasteiger partial charge is 0.393 e.